The molecule has 0 aliphatic heterocycles. The average Bonchev–Trinajstić information content (AvgIpc) is 2.78. The molecule has 0 N–H and O–H groups in total. The van der Waals surface area contributed by atoms with E-state index in [1.165, 1.54) is 16.8 Å². The summed E-state index contributed by atoms with van der Waals surface area (Å²) in [4.78, 5) is 4.36. The van der Waals surface area contributed by atoms with Crippen LogP contribution in [-0.2, 0) is 0 Å². The minimum atomic E-state index is -0.221. The number of hydrogen-bond acceptors (Lipinski definition) is 2. The lowest BCUT2D eigenvalue weighted by molar-refractivity contribution is 0.628. The molecule has 1 nitrogen and oxygen atoms in total. The largest absolute Gasteiger partial charge is 0.256 e. The van der Waals surface area contributed by atoms with Crippen molar-refractivity contribution in [2.75, 3.05) is 0 Å². The lowest BCUT2D eigenvalue weighted by Gasteiger charge is -2.02. The lowest BCUT2D eigenvalue weighted by atomic mass is 10.1. The summed E-state index contributed by atoms with van der Waals surface area (Å²) >= 11 is 1.69. The van der Waals surface area contributed by atoms with E-state index in [1.54, 1.807) is 29.7 Å². The van der Waals surface area contributed by atoms with Crippen LogP contribution >= 0.6 is 11.3 Å². The summed E-state index contributed by atoms with van der Waals surface area (Å²) in [7, 11) is 0. The van der Waals surface area contributed by atoms with Crippen LogP contribution < -0.4 is 0 Å². The maximum Gasteiger partial charge on any atom is 0.123 e. The van der Waals surface area contributed by atoms with Crippen molar-refractivity contribution in [2.45, 2.75) is 0 Å². The molecular weight excluding hydrogens is 221 g/mol. The standard InChI is InChI=1S/C13H8FNS/c14-10-3-1-9(2-4-10)13-11-6-8-16-12(11)5-7-15-13/h1-8H. The Kier molecular flexibility index (Phi) is 2.18. The fourth-order valence-corrected chi connectivity index (χ4v) is 2.51. The van der Waals surface area contributed by atoms with Crippen molar-refractivity contribution in [3.05, 3.63) is 53.8 Å². The lowest BCUT2D eigenvalue weighted by Crippen LogP contribution is -1.83. The maximum absolute atomic E-state index is 12.8. The van der Waals surface area contributed by atoms with Crippen molar-refractivity contribution in [2.24, 2.45) is 0 Å². The Bertz CT molecular complexity index is 628. The number of fused-ring (bicyclic) bond motifs is 1. The molecular formula is C13H8FNS. The third-order valence-corrected chi connectivity index (χ3v) is 3.38. The number of rotatable bonds is 1. The number of pyridine rings is 1. The molecule has 0 saturated heterocycles. The number of halogens is 1. The van der Waals surface area contributed by atoms with Gasteiger partial charge in [0.15, 0.2) is 0 Å². The molecule has 0 fully saturated rings. The van der Waals surface area contributed by atoms with Crippen LogP contribution in [0, 0.1) is 5.82 Å². The Morgan fingerprint density at radius 2 is 1.81 bits per heavy atom. The van der Waals surface area contributed by atoms with Crippen molar-refractivity contribution >= 4 is 21.4 Å². The molecule has 78 valence electrons. The van der Waals surface area contributed by atoms with Crippen molar-refractivity contribution in [3.63, 3.8) is 0 Å². The zero-order valence-electron chi connectivity index (χ0n) is 8.35. The van der Waals surface area contributed by atoms with Gasteiger partial charge in [0.2, 0.25) is 0 Å². The van der Waals surface area contributed by atoms with Gasteiger partial charge in [-0.15, -0.1) is 11.3 Å². The molecule has 0 saturated carbocycles. The van der Waals surface area contributed by atoms with Crippen LogP contribution in [0.5, 0.6) is 0 Å². The van der Waals surface area contributed by atoms with Gasteiger partial charge in [0.1, 0.15) is 5.82 Å². The summed E-state index contributed by atoms with van der Waals surface area (Å²) in [5.74, 6) is -0.221. The van der Waals surface area contributed by atoms with Crippen LogP contribution in [0.25, 0.3) is 21.3 Å². The molecule has 0 amide bonds. The normalized spacial score (nSPS) is 10.8. The van der Waals surface area contributed by atoms with Crippen molar-refractivity contribution in [3.8, 4) is 11.3 Å². The van der Waals surface area contributed by atoms with Gasteiger partial charge >= 0.3 is 0 Å². The van der Waals surface area contributed by atoms with E-state index in [0.29, 0.717) is 0 Å². The third-order valence-electron chi connectivity index (χ3n) is 2.50. The quantitative estimate of drug-likeness (QED) is 0.612. The van der Waals surface area contributed by atoms with Crippen molar-refractivity contribution in [1.29, 1.82) is 0 Å². The molecule has 3 heteroatoms. The fraction of sp³-hybridized carbons (Fsp3) is 0. The second kappa shape index (κ2) is 3.68. The Balaban J connectivity index is 2.25. The third kappa shape index (κ3) is 1.49. The van der Waals surface area contributed by atoms with Gasteiger partial charge in [0, 0.05) is 21.8 Å². The summed E-state index contributed by atoms with van der Waals surface area (Å²) in [6.07, 6.45) is 1.79. The second-order valence-electron chi connectivity index (χ2n) is 3.50. The van der Waals surface area contributed by atoms with Gasteiger partial charge in [-0.05, 0) is 41.8 Å². The van der Waals surface area contributed by atoms with Crippen LogP contribution in [0.2, 0.25) is 0 Å². The highest BCUT2D eigenvalue weighted by Gasteiger charge is 2.05. The van der Waals surface area contributed by atoms with E-state index in [0.717, 1.165) is 16.6 Å². The maximum atomic E-state index is 12.8. The molecule has 3 rings (SSSR count). The zero-order chi connectivity index (χ0) is 11.0. The molecule has 2 aromatic heterocycles. The first-order valence-corrected chi connectivity index (χ1v) is 5.81. The molecule has 0 aliphatic carbocycles. The van der Waals surface area contributed by atoms with E-state index in [4.69, 9.17) is 0 Å². The Labute approximate surface area is 96.2 Å². The predicted octanol–water partition coefficient (Wildman–Crippen LogP) is 4.10. The van der Waals surface area contributed by atoms with Crippen LogP contribution in [-0.4, -0.2) is 4.98 Å². The highest BCUT2D eigenvalue weighted by molar-refractivity contribution is 7.17. The first kappa shape index (κ1) is 9.48. The Hall–Kier alpha value is -1.74. The van der Waals surface area contributed by atoms with Crippen LogP contribution in [0.4, 0.5) is 4.39 Å². The van der Waals surface area contributed by atoms with Gasteiger partial charge in [-0.25, -0.2) is 4.39 Å². The SMILES string of the molecule is Fc1ccc(-c2nccc3sccc23)cc1. The summed E-state index contributed by atoms with van der Waals surface area (Å²) in [6, 6.07) is 10.5. The topological polar surface area (TPSA) is 12.9 Å². The van der Waals surface area contributed by atoms with E-state index in [-0.39, 0.29) is 5.82 Å². The molecule has 0 aliphatic rings. The summed E-state index contributed by atoms with van der Waals surface area (Å²) in [5, 5.41) is 3.17. The van der Waals surface area contributed by atoms with Crippen molar-refractivity contribution < 1.29 is 4.39 Å². The number of benzene rings is 1. The van der Waals surface area contributed by atoms with Gasteiger partial charge in [-0.1, -0.05) is 0 Å². The molecule has 3 aromatic rings. The molecule has 0 bridgehead atoms. The summed E-state index contributed by atoms with van der Waals surface area (Å²) in [6.45, 7) is 0. The number of hydrogen-bond donors (Lipinski definition) is 0. The highest BCUT2D eigenvalue weighted by atomic mass is 32.1. The van der Waals surface area contributed by atoms with E-state index < -0.39 is 0 Å². The van der Waals surface area contributed by atoms with E-state index in [2.05, 4.69) is 4.98 Å². The van der Waals surface area contributed by atoms with Crippen molar-refractivity contribution in [1.82, 2.24) is 4.98 Å². The van der Waals surface area contributed by atoms with Crippen LogP contribution in [0.1, 0.15) is 0 Å². The molecule has 0 spiro atoms. The van der Waals surface area contributed by atoms with E-state index in [1.807, 2.05) is 17.5 Å². The van der Waals surface area contributed by atoms with Crippen LogP contribution in [0.3, 0.4) is 0 Å². The second-order valence-corrected chi connectivity index (χ2v) is 4.45. The smallest absolute Gasteiger partial charge is 0.123 e. The van der Waals surface area contributed by atoms with Gasteiger partial charge in [-0.2, -0.15) is 0 Å². The average molecular weight is 229 g/mol. The minimum Gasteiger partial charge on any atom is -0.256 e. The predicted molar refractivity (Wildman–Crippen MR) is 65.0 cm³/mol. The fourth-order valence-electron chi connectivity index (χ4n) is 1.73. The molecule has 16 heavy (non-hydrogen) atoms. The molecule has 2 heterocycles. The first-order valence-electron chi connectivity index (χ1n) is 4.93. The molecule has 0 atom stereocenters. The van der Waals surface area contributed by atoms with Gasteiger partial charge in [-0.3, -0.25) is 4.98 Å². The monoisotopic (exact) mass is 229 g/mol. The van der Waals surface area contributed by atoms with E-state index >= 15 is 0 Å². The molecule has 0 unspecified atom stereocenters. The Morgan fingerprint density at radius 3 is 2.62 bits per heavy atom. The number of aromatic nitrogens is 1. The summed E-state index contributed by atoms with van der Waals surface area (Å²) in [5.41, 5.74) is 1.86. The van der Waals surface area contributed by atoms with Gasteiger partial charge in [0.05, 0.1) is 5.69 Å². The summed E-state index contributed by atoms with van der Waals surface area (Å²) < 4.78 is 14.0. The zero-order valence-corrected chi connectivity index (χ0v) is 9.17. The highest BCUT2D eigenvalue weighted by Crippen LogP contribution is 2.29. The number of nitrogens with zero attached hydrogens (tertiary/aromatic N) is 1. The number of thiophene rings is 1. The first-order chi connectivity index (χ1) is 7.84. The molecule has 0 radical (unpaired) electrons. The van der Waals surface area contributed by atoms with Crippen LogP contribution in [0.15, 0.2) is 48.0 Å². The molecule has 1 aromatic carbocycles. The van der Waals surface area contributed by atoms with E-state index in [9.17, 15) is 4.39 Å². The van der Waals surface area contributed by atoms with Gasteiger partial charge < -0.3 is 0 Å². The van der Waals surface area contributed by atoms with Gasteiger partial charge in [0.25, 0.3) is 0 Å². The minimum absolute atomic E-state index is 0.221. The Morgan fingerprint density at radius 1 is 1.00 bits per heavy atom.